The van der Waals surface area contributed by atoms with E-state index in [-0.39, 0.29) is 11.6 Å². The van der Waals surface area contributed by atoms with Crippen molar-refractivity contribution < 1.29 is 9.72 Å². The molecule has 0 fully saturated rings. The molecule has 2 heterocycles. The average molecular weight is 485 g/mol. The molecule has 150 valence electrons. The van der Waals surface area contributed by atoms with E-state index in [0.29, 0.717) is 27.8 Å². The summed E-state index contributed by atoms with van der Waals surface area (Å²) in [6.07, 6.45) is 0. The highest BCUT2D eigenvalue weighted by molar-refractivity contribution is 9.10. The molecule has 30 heavy (non-hydrogen) atoms. The van der Waals surface area contributed by atoms with Crippen molar-refractivity contribution in [1.82, 2.24) is 4.98 Å². The number of amides is 1. The summed E-state index contributed by atoms with van der Waals surface area (Å²) in [7, 11) is 0. The van der Waals surface area contributed by atoms with Gasteiger partial charge in [-0.05, 0) is 31.2 Å². The minimum Gasteiger partial charge on any atom is -0.269 e. The van der Waals surface area contributed by atoms with Gasteiger partial charge in [0, 0.05) is 27.5 Å². The van der Waals surface area contributed by atoms with E-state index in [2.05, 4.69) is 36.2 Å². The number of benzene rings is 2. The van der Waals surface area contributed by atoms with Crippen LogP contribution in [0.15, 0.2) is 73.7 Å². The van der Waals surface area contributed by atoms with Crippen molar-refractivity contribution in [3.8, 4) is 11.3 Å². The Balaban J connectivity index is 1.54. The van der Waals surface area contributed by atoms with Crippen molar-refractivity contribution in [1.29, 1.82) is 0 Å². The highest BCUT2D eigenvalue weighted by atomic mass is 79.9. The number of nitro groups is 1. The topological polar surface area (TPSA) is 113 Å². The quantitative estimate of drug-likeness (QED) is 0.275. The van der Waals surface area contributed by atoms with Crippen molar-refractivity contribution in [2.45, 2.75) is 13.0 Å². The van der Waals surface area contributed by atoms with Crippen molar-refractivity contribution >= 4 is 55.4 Å². The Morgan fingerprint density at radius 1 is 1.23 bits per heavy atom. The smallest absolute Gasteiger partial charge is 0.269 e. The molecule has 4 rings (SSSR count). The molecule has 0 radical (unpaired) electrons. The number of non-ortho nitro benzene ring substituents is 1. The molecule has 0 saturated carbocycles. The lowest BCUT2D eigenvalue weighted by atomic mass is 10.1. The SMILES string of the molecule is CC1=NN(c2nc(-c3cccc([N+](=O)[O-])c3)cs2)C(=O)[C@H]1N=Nc1ccc(Br)cc1. The Labute approximate surface area is 183 Å². The van der Waals surface area contributed by atoms with Crippen LogP contribution >= 0.6 is 27.3 Å². The number of carbonyl (C=O) groups is 1. The molecule has 0 unspecified atom stereocenters. The first-order chi connectivity index (χ1) is 14.4. The van der Waals surface area contributed by atoms with Crippen molar-refractivity contribution in [2.75, 3.05) is 5.01 Å². The van der Waals surface area contributed by atoms with E-state index in [1.54, 1.807) is 36.6 Å². The number of hydrogen-bond acceptors (Lipinski definition) is 8. The minimum atomic E-state index is -0.821. The molecule has 1 aromatic heterocycles. The first-order valence-electron chi connectivity index (χ1n) is 8.68. The maximum atomic E-state index is 12.8. The van der Waals surface area contributed by atoms with Crippen molar-refractivity contribution in [2.24, 2.45) is 15.3 Å². The lowest BCUT2D eigenvalue weighted by molar-refractivity contribution is -0.384. The number of hydrogen-bond donors (Lipinski definition) is 0. The van der Waals surface area contributed by atoms with E-state index < -0.39 is 11.0 Å². The number of halogens is 1. The third kappa shape index (κ3) is 4.02. The van der Waals surface area contributed by atoms with E-state index in [1.165, 1.54) is 28.5 Å². The van der Waals surface area contributed by atoms with Gasteiger partial charge >= 0.3 is 0 Å². The van der Waals surface area contributed by atoms with Gasteiger partial charge in [-0.25, -0.2) is 4.98 Å². The van der Waals surface area contributed by atoms with Gasteiger partial charge in [0.05, 0.1) is 22.0 Å². The lowest BCUT2D eigenvalue weighted by Gasteiger charge is -2.08. The third-order valence-electron chi connectivity index (χ3n) is 4.24. The summed E-state index contributed by atoms with van der Waals surface area (Å²) in [5.41, 5.74) is 2.22. The van der Waals surface area contributed by atoms with Crippen molar-refractivity contribution in [3.05, 3.63) is 68.5 Å². The number of nitrogens with zero attached hydrogens (tertiary/aromatic N) is 6. The molecule has 1 aliphatic heterocycles. The van der Waals surface area contributed by atoms with E-state index in [1.807, 2.05) is 12.1 Å². The number of nitro benzene ring substituents is 1. The predicted molar refractivity (Wildman–Crippen MR) is 117 cm³/mol. The first kappa shape index (κ1) is 20.0. The van der Waals surface area contributed by atoms with Gasteiger partial charge in [0.15, 0.2) is 6.04 Å². The zero-order valence-corrected chi connectivity index (χ0v) is 17.9. The fourth-order valence-corrected chi connectivity index (χ4v) is 3.78. The van der Waals surface area contributed by atoms with Gasteiger partial charge in [-0.2, -0.15) is 20.3 Å². The summed E-state index contributed by atoms with van der Waals surface area (Å²) in [5, 5.41) is 26.8. The predicted octanol–water partition coefficient (Wildman–Crippen LogP) is 5.36. The second kappa shape index (κ2) is 8.20. The molecule has 9 nitrogen and oxygen atoms in total. The van der Waals surface area contributed by atoms with Gasteiger partial charge in [0.2, 0.25) is 5.13 Å². The standard InChI is InChI=1S/C19H13BrN6O3S/c1-11-17(23-22-14-7-5-13(20)6-8-14)18(27)25(24-11)19-21-16(10-30-19)12-3-2-4-15(9-12)26(28)29/h2-10,17H,1H3/t17-/m0/s1. The van der Waals surface area contributed by atoms with Crippen LogP contribution in [0.5, 0.6) is 0 Å². The van der Waals surface area contributed by atoms with Crippen LogP contribution in [-0.4, -0.2) is 27.6 Å². The average Bonchev–Trinajstić information content (AvgIpc) is 3.33. The number of azo groups is 1. The number of rotatable bonds is 5. The molecule has 0 saturated heterocycles. The maximum Gasteiger partial charge on any atom is 0.282 e. The molecule has 11 heteroatoms. The highest BCUT2D eigenvalue weighted by Gasteiger charge is 2.36. The van der Waals surface area contributed by atoms with Crippen LogP contribution in [0.4, 0.5) is 16.5 Å². The Hall–Kier alpha value is -3.31. The first-order valence-corrected chi connectivity index (χ1v) is 10.4. The minimum absolute atomic E-state index is 0.0263. The molecule has 0 aliphatic carbocycles. The molecule has 1 amide bonds. The number of hydrazone groups is 1. The summed E-state index contributed by atoms with van der Waals surface area (Å²) in [4.78, 5) is 27.8. The largest absolute Gasteiger partial charge is 0.282 e. The van der Waals surface area contributed by atoms with Crippen LogP contribution in [-0.2, 0) is 4.79 Å². The summed E-state index contributed by atoms with van der Waals surface area (Å²) >= 11 is 4.57. The zero-order chi connectivity index (χ0) is 21.3. The molecular weight excluding hydrogens is 472 g/mol. The van der Waals surface area contributed by atoms with Crippen LogP contribution < -0.4 is 5.01 Å². The van der Waals surface area contributed by atoms with Gasteiger partial charge in [0.1, 0.15) is 0 Å². The molecule has 2 aromatic carbocycles. The summed E-state index contributed by atoms with van der Waals surface area (Å²) in [5.74, 6) is -0.353. The normalized spacial score (nSPS) is 16.3. The number of aromatic nitrogens is 1. The maximum absolute atomic E-state index is 12.8. The van der Waals surface area contributed by atoms with E-state index >= 15 is 0 Å². The molecule has 0 N–H and O–H groups in total. The molecule has 0 bridgehead atoms. The third-order valence-corrected chi connectivity index (χ3v) is 5.58. The second-order valence-corrected chi connectivity index (χ2v) is 8.06. The summed E-state index contributed by atoms with van der Waals surface area (Å²) in [6, 6.07) is 12.6. The Bertz CT molecular complexity index is 1190. The molecule has 1 atom stereocenters. The van der Waals surface area contributed by atoms with Crippen LogP contribution in [0.2, 0.25) is 0 Å². The Kier molecular flexibility index (Phi) is 5.46. The van der Waals surface area contributed by atoms with Gasteiger partial charge in [-0.1, -0.05) is 28.1 Å². The zero-order valence-electron chi connectivity index (χ0n) is 15.5. The van der Waals surface area contributed by atoms with E-state index in [0.717, 1.165) is 4.47 Å². The van der Waals surface area contributed by atoms with Crippen LogP contribution in [0.25, 0.3) is 11.3 Å². The highest BCUT2D eigenvalue weighted by Crippen LogP contribution is 2.32. The number of carbonyl (C=O) groups excluding carboxylic acids is 1. The molecule has 1 aliphatic rings. The molecule has 0 spiro atoms. The van der Waals surface area contributed by atoms with E-state index in [4.69, 9.17) is 0 Å². The van der Waals surface area contributed by atoms with Crippen molar-refractivity contribution in [3.63, 3.8) is 0 Å². The number of thiazole rings is 1. The Morgan fingerprint density at radius 3 is 2.73 bits per heavy atom. The summed E-state index contributed by atoms with van der Waals surface area (Å²) < 4.78 is 0.922. The fraction of sp³-hybridized carbons (Fsp3) is 0.105. The van der Waals surface area contributed by atoms with Gasteiger partial charge in [-0.15, -0.1) is 11.3 Å². The second-order valence-electron chi connectivity index (χ2n) is 6.31. The van der Waals surface area contributed by atoms with Gasteiger partial charge < -0.3 is 0 Å². The van der Waals surface area contributed by atoms with Crippen LogP contribution in [0.3, 0.4) is 0 Å². The lowest BCUT2D eigenvalue weighted by Crippen LogP contribution is -2.29. The monoisotopic (exact) mass is 484 g/mol. The molecular formula is C19H13BrN6O3S. The van der Waals surface area contributed by atoms with Crippen LogP contribution in [0, 0.1) is 10.1 Å². The molecule has 3 aromatic rings. The van der Waals surface area contributed by atoms with E-state index in [9.17, 15) is 14.9 Å². The Morgan fingerprint density at radius 2 is 2.00 bits per heavy atom. The number of anilines is 1. The fourth-order valence-electron chi connectivity index (χ4n) is 2.73. The summed E-state index contributed by atoms with van der Waals surface area (Å²) in [6.45, 7) is 1.71. The van der Waals surface area contributed by atoms with Gasteiger partial charge in [-0.3, -0.25) is 14.9 Å². The van der Waals surface area contributed by atoms with Crippen LogP contribution in [0.1, 0.15) is 6.92 Å². The van der Waals surface area contributed by atoms with Gasteiger partial charge in [0.25, 0.3) is 11.6 Å².